The van der Waals surface area contributed by atoms with Crippen molar-refractivity contribution in [1.29, 1.82) is 0 Å². The van der Waals surface area contributed by atoms with Crippen LogP contribution in [0.2, 0.25) is 0 Å². The first kappa shape index (κ1) is 12.5. The van der Waals surface area contributed by atoms with E-state index in [1.165, 1.54) is 6.07 Å². The van der Waals surface area contributed by atoms with Crippen molar-refractivity contribution in [2.45, 2.75) is 19.4 Å². The second-order valence-corrected chi connectivity index (χ2v) is 4.38. The van der Waals surface area contributed by atoms with Gasteiger partial charge in [0.2, 0.25) is 0 Å². The van der Waals surface area contributed by atoms with E-state index in [1.54, 1.807) is 6.07 Å². The van der Waals surface area contributed by atoms with Crippen molar-refractivity contribution < 1.29 is 8.78 Å². The predicted octanol–water partition coefficient (Wildman–Crippen LogP) is 2.32. The Kier molecular flexibility index (Phi) is 4.07. The molecule has 1 heterocycles. The Bertz CT molecular complexity index is 376. The highest BCUT2D eigenvalue weighted by Crippen LogP contribution is 2.27. The molecule has 0 saturated carbocycles. The Labute approximate surface area is 101 Å². The van der Waals surface area contributed by atoms with Crippen molar-refractivity contribution in [2.75, 3.05) is 26.2 Å². The van der Waals surface area contributed by atoms with E-state index in [0.29, 0.717) is 5.56 Å². The Morgan fingerprint density at radius 3 is 2.59 bits per heavy atom. The topological polar surface area (TPSA) is 15.3 Å². The fraction of sp³-hybridized carbons (Fsp3) is 0.538. The molecular formula is C13H18F2N2. The van der Waals surface area contributed by atoms with Gasteiger partial charge < -0.3 is 5.32 Å². The summed E-state index contributed by atoms with van der Waals surface area (Å²) in [5.74, 6) is -0.947. The van der Waals surface area contributed by atoms with E-state index >= 15 is 0 Å². The smallest absolute Gasteiger partial charge is 0.130 e. The molecule has 0 radical (unpaired) electrons. The van der Waals surface area contributed by atoms with Gasteiger partial charge in [-0.15, -0.1) is 0 Å². The van der Waals surface area contributed by atoms with E-state index in [4.69, 9.17) is 0 Å². The van der Waals surface area contributed by atoms with Crippen LogP contribution in [-0.4, -0.2) is 31.1 Å². The molecule has 0 amide bonds. The van der Waals surface area contributed by atoms with Gasteiger partial charge in [-0.25, -0.2) is 8.78 Å². The third-order valence-corrected chi connectivity index (χ3v) is 3.30. The molecule has 0 spiro atoms. The minimum absolute atomic E-state index is 0.0534. The lowest BCUT2D eigenvalue weighted by Gasteiger charge is -2.34. The summed E-state index contributed by atoms with van der Waals surface area (Å²) in [5, 5.41) is 3.27. The quantitative estimate of drug-likeness (QED) is 0.872. The van der Waals surface area contributed by atoms with Crippen molar-refractivity contribution in [3.05, 3.63) is 35.4 Å². The average Bonchev–Trinajstić information content (AvgIpc) is 2.34. The predicted molar refractivity (Wildman–Crippen MR) is 63.8 cm³/mol. The number of nitrogens with one attached hydrogen (secondary N) is 1. The maximum absolute atomic E-state index is 13.8. The SMILES string of the molecule is CC[C@H](c1ccc(F)cc1F)N1CCNCC1. The van der Waals surface area contributed by atoms with E-state index in [9.17, 15) is 8.78 Å². The summed E-state index contributed by atoms with van der Waals surface area (Å²) in [6.45, 7) is 5.72. The summed E-state index contributed by atoms with van der Waals surface area (Å²) in [7, 11) is 0. The lowest BCUT2D eigenvalue weighted by molar-refractivity contribution is 0.166. The van der Waals surface area contributed by atoms with Crippen molar-refractivity contribution in [3.8, 4) is 0 Å². The first-order chi connectivity index (χ1) is 8.22. The molecule has 1 aliphatic rings. The second kappa shape index (κ2) is 5.56. The first-order valence-corrected chi connectivity index (χ1v) is 6.12. The van der Waals surface area contributed by atoms with Crippen LogP contribution in [0.3, 0.4) is 0 Å². The van der Waals surface area contributed by atoms with Crippen LogP contribution in [-0.2, 0) is 0 Å². The molecule has 1 aromatic carbocycles. The van der Waals surface area contributed by atoms with Crippen LogP contribution in [0.15, 0.2) is 18.2 Å². The average molecular weight is 240 g/mol. The van der Waals surface area contributed by atoms with Gasteiger partial charge in [-0.05, 0) is 12.5 Å². The maximum atomic E-state index is 13.8. The molecular weight excluding hydrogens is 222 g/mol. The highest BCUT2D eigenvalue weighted by atomic mass is 19.1. The minimum atomic E-state index is -0.513. The number of hydrogen-bond donors (Lipinski definition) is 1. The Balaban J connectivity index is 2.21. The molecule has 94 valence electrons. The van der Waals surface area contributed by atoms with Crippen LogP contribution >= 0.6 is 0 Å². The van der Waals surface area contributed by atoms with Crippen molar-refractivity contribution in [2.24, 2.45) is 0 Å². The molecule has 1 atom stereocenters. The Morgan fingerprint density at radius 2 is 2.00 bits per heavy atom. The molecule has 1 aliphatic heterocycles. The van der Waals surface area contributed by atoms with E-state index in [0.717, 1.165) is 38.7 Å². The number of benzene rings is 1. The van der Waals surface area contributed by atoms with Crippen LogP contribution in [0.1, 0.15) is 24.9 Å². The van der Waals surface area contributed by atoms with Gasteiger partial charge in [-0.3, -0.25) is 4.90 Å². The number of hydrogen-bond acceptors (Lipinski definition) is 2. The molecule has 0 unspecified atom stereocenters. The maximum Gasteiger partial charge on any atom is 0.130 e. The lowest BCUT2D eigenvalue weighted by atomic mass is 10.0. The van der Waals surface area contributed by atoms with Crippen LogP contribution < -0.4 is 5.32 Å². The number of nitrogens with zero attached hydrogens (tertiary/aromatic N) is 1. The third-order valence-electron chi connectivity index (χ3n) is 3.30. The van der Waals surface area contributed by atoms with E-state index < -0.39 is 11.6 Å². The zero-order valence-electron chi connectivity index (χ0n) is 10.0. The second-order valence-electron chi connectivity index (χ2n) is 4.38. The zero-order chi connectivity index (χ0) is 12.3. The van der Waals surface area contributed by atoms with E-state index in [2.05, 4.69) is 10.2 Å². The van der Waals surface area contributed by atoms with Gasteiger partial charge in [0.25, 0.3) is 0 Å². The molecule has 0 aromatic heterocycles. The van der Waals surface area contributed by atoms with Crippen LogP contribution in [0.4, 0.5) is 8.78 Å². The molecule has 2 nitrogen and oxygen atoms in total. The van der Waals surface area contributed by atoms with Crippen LogP contribution in [0.5, 0.6) is 0 Å². The van der Waals surface area contributed by atoms with Gasteiger partial charge in [0.15, 0.2) is 0 Å². The highest BCUT2D eigenvalue weighted by Gasteiger charge is 2.23. The molecule has 2 rings (SSSR count). The lowest BCUT2D eigenvalue weighted by Crippen LogP contribution is -2.45. The molecule has 1 saturated heterocycles. The highest BCUT2D eigenvalue weighted by molar-refractivity contribution is 5.22. The monoisotopic (exact) mass is 240 g/mol. The number of piperazine rings is 1. The van der Waals surface area contributed by atoms with Crippen LogP contribution in [0.25, 0.3) is 0 Å². The Hall–Kier alpha value is -1.00. The molecule has 0 aliphatic carbocycles. The summed E-state index contributed by atoms with van der Waals surface area (Å²) in [5.41, 5.74) is 0.607. The van der Waals surface area contributed by atoms with Crippen LogP contribution in [0, 0.1) is 11.6 Å². The fourth-order valence-electron chi connectivity index (χ4n) is 2.44. The molecule has 1 fully saturated rings. The van der Waals surface area contributed by atoms with Gasteiger partial charge >= 0.3 is 0 Å². The van der Waals surface area contributed by atoms with Crippen molar-refractivity contribution in [3.63, 3.8) is 0 Å². The summed E-state index contributed by atoms with van der Waals surface area (Å²) in [6, 6.07) is 3.93. The van der Waals surface area contributed by atoms with E-state index in [1.807, 2.05) is 6.92 Å². The normalized spacial score (nSPS) is 19.2. The van der Waals surface area contributed by atoms with Gasteiger partial charge in [-0.2, -0.15) is 0 Å². The largest absolute Gasteiger partial charge is 0.314 e. The number of halogens is 2. The van der Waals surface area contributed by atoms with Crippen molar-refractivity contribution in [1.82, 2.24) is 10.2 Å². The zero-order valence-corrected chi connectivity index (χ0v) is 10.0. The summed E-state index contributed by atoms with van der Waals surface area (Å²) in [4.78, 5) is 2.26. The molecule has 1 N–H and O–H groups in total. The van der Waals surface area contributed by atoms with Gasteiger partial charge in [0.05, 0.1) is 0 Å². The van der Waals surface area contributed by atoms with E-state index in [-0.39, 0.29) is 6.04 Å². The van der Waals surface area contributed by atoms with Gasteiger partial charge in [0, 0.05) is 43.9 Å². The number of rotatable bonds is 3. The Morgan fingerprint density at radius 1 is 1.29 bits per heavy atom. The minimum Gasteiger partial charge on any atom is -0.314 e. The molecule has 1 aromatic rings. The van der Waals surface area contributed by atoms with Gasteiger partial charge in [-0.1, -0.05) is 13.0 Å². The molecule has 0 bridgehead atoms. The summed E-state index contributed by atoms with van der Waals surface area (Å²) in [6.07, 6.45) is 0.836. The van der Waals surface area contributed by atoms with Crippen molar-refractivity contribution >= 4 is 0 Å². The summed E-state index contributed by atoms with van der Waals surface area (Å²) < 4.78 is 26.7. The van der Waals surface area contributed by atoms with Gasteiger partial charge in [0.1, 0.15) is 11.6 Å². The fourth-order valence-corrected chi connectivity index (χ4v) is 2.44. The third kappa shape index (κ3) is 2.82. The molecule has 4 heteroatoms. The standard InChI is InChI=1S/C13H18F2N2/c1-2-13(17-7-5-16-6-8-17)11-4-3-10(14)9-12(11)15/h3-4,9,13,16H,2,5-8H2,1H3/t13-/m1/s1. The molecule has 17 heavy (non-hydrogen) atoms. The summed E-state index contributed by atoms with van der Waals surface area (Å²) >= 11 is 0. The first-order valence-electron chi connectivity index (χ1n) is 6.12.